The van der Waals surface area contributed by atoms with E-state index in [0.29, 0.717) is 5.84 Å². The third-order valence-corrected chi connectivity index (χ3v) is 11.1. The number of benzene rings is 7. The lowest BCUT2D eigenvalue weighted by Crippen LogP contribution is -2.14. The highest BCUT2D eigenvalue weighted by Crippen LogP contribution is 2.50. The monoisotopic (exact) mass is 641 g/mol. The summed E-state index contributed by atoms with van der Waals surface area (Å²) in [6.07, 6.45) is 0.874. The van der Waals surface area contributed by atoms with Crippen molar-refractivity contribution in [3.8, 4) is 39.1 Å². The molecule has 10 rings (SSSR count). The van der Waals surface area contributed by atoms with Crippen molar-refractivity contribution in [3.63, 3.8) is 0 Å². The molecule has 0 atom stereocenters. The quantitative estimate of drug-likeness (QED) is 0.151. The fourth-order valence-electron chi connectivity index (χ4n) is 8.56. The lowest BCUT2D eigenvalue weighted by Gasteiger charge is -2.22. The fraction of sp³-hybridized carbons (Fsp3) is 0.0851. The van der Waals surface area contributed by atoms with Crippen LogP contribution >= 0.6 is 0 Å². The Kier molecular flexibility index (Phi) is 6.13. The van der Waals surface area contributed by atoms with Gasteiger partial charge in [0.15, 0.2) is 0 Å². The summed E-state index contributed by atoms with van der Waals surface area (Å²) in [5.41, 5.74) is 25.0. The van der Waals surface area contributed by atoms with Crippen LogP contribution in [0.3, 0.4) is 0 Å². The molecule has 3 nitrogen and oxygen atoms in total. The summed E-state index contributed by atoms with van der Waals surface area (Å²) in [5, 5.41) is 2.46. The summed E-state index contributed by atoms with van der Waals surface area (Å²) < 4.78 is 2.35. The molecule has 8 aromatic rings. The number of aliphatic imine (C=N–C) groups is 1. The maximum Gasteiger partial charge on any atom is 0.131 e. The molecule has 2 aliphatic carbocycles. The second kappa shape index (κ2) is 10.7. The van der Waals surface area contributed by atoms with Crippen molar-refractivity contribution >= 4 is 33.3 Å². The van der Waals surface area contributed by atoms with Gasteiger partial charge >= 0.3 is 0 Å². The second-order valence-electron chi connectivity index (χ2n) is 14.2. The average Bonchev–Trinajstić information content (AvgIpc) is 3.78. The minimum Gasteiger partial charge on any atom is -0.383 e. The van der Waals surface area contributed by atoms with Gasteiger partial charge in [-0.3, -0.25) is 0 Å². The first-order valence-corrected chi connectivity index (χ1v) is 17.4. The fourth-order valence-corrected chi connectivity index (χ4v) is 8.56. The van der Waals surface area contributed by atoms with Crippen molar-refractivity contribution in [2.24, 2.45) is 10.7 Å². The maximum atomic E-state index is 6.78. The van der Waals surface area contributed by atoms with Gasteiger partial charge in [0, 0.05) is 33.9 Å². The van der Waals surface area contributed by atoms with Gasteiger partial charge in [-0.05, 0) is 98.1 Å². The number of nitrogens with zero attached hydrogens (tertiary/aromatic N) is 2. The van der Waals surface area contributed by atoms with Gasteiger partial charge in [0.05, 0.1) is 16.7 Å². The Bertz CT molecular complexity index is 2720. The molecule has 0 fully saturated rings. The van der Waals surface area contributed by atoms with Gasteiger partial charge in [0.2, 0.25) is 0 Å². The zero-order valence-electron chi connectivity index (χ0n) is 28.1. The Balaban J connectivity index is 1.05. The molecule has 0 amide bonds. The van der Waals surface area contributed by atoms with Crippen LogP contribution in [-0.4, -0.2) is 10.4 Å². The van der Waals surface area contributed by atoms with E-state index in [1.54, 1.807) is 0 Å². The molecule has 2 N–H and O–H groups in total. The molecular formula is C47H35N3. The molecule has 0 unspecified atom stereocenters. The van der Waals surface area contributed by atoms with Crippen LogP contribution in [0.4, 0.5) is 5.69 Å². The minimum absolute atomic E-state index is 0.0379. The molecule has 0 aliphatic heterocycles. The van der Waals surface area contributed by atoms with Gasteiger partial charge in [-0.25, -0.2) is 4.99 Å². The van der Waals surface area contributed by atoms with Crippen LogP contribution in [0, 0.1) is 0 Å². The highest BCUT2D eigenvalue weighted by Gasteiger charge is 2.35. The van der Waals surface area contributed by atoms with E-state index in [1.807, 2.05) is 0 Å². The van der Waals surface area contributed by atoms with Crippen LogP contribution in [0.1, 0.15) is 41.7 Å². The molecule has 0 saturated carbocycles. The minimum atomic E-state index is -0.0379. The average molecular weight is 642 g/mol. The highest BCUT2D eigenvalue weighted by molar-refractivity contribution is 6.11. The zero-order valence-corrected chi connectivity index (χ0v) is 28.1. The Hall–Kier alpha value is -6.19. The Labute approximate surface area is 292 Å². The molecule has 238 valence electrons. The van der Waals surface area contributed by atoms with Gasteiger partial charge in [0.1, 0.15) is 5.84 Å². The second-order valence-corrected chi connectivity index (χ2v) is 14.2. The molecule has 1 heterocycles. The third kappa shape index (κ3) is 4.20. The maximum absolute atomic E-state index is 6.78. The van der Waals surface area contributed by atoms with Crippen molar-refractivity contribution in [2.45, 2.75) is 25.7 Å². The molecule has 0 spiro atoms. The van der Waals surface area contributed by atoms with Gasteiger partial charge in [-0.15, -0.1) is 0 Å². The first-order chi connectivity index (χ1) is 24.5. The van der Waals surface area contributed by atoms with Crippen molar-refractivity contribution in [2.75, 3.05) is 0 Å². The zero-order chi connectivity index (χ0) is 33.6. The van der Waals surface area contributed by atoms with E-state index >= 15 is 0 Å². The lowest BCUT2D eigenvalue weighted by molar-refractivity contribution is 0.660. The van der Waals surface area contributed by atoms with Crippen LogP contribution in [-0.2, 0) is 11.8 Å². The number of nitrogens with two attached hydrogens (primary N) is 1. The summed E-state index contributed by atoms with van der Waals surface area (Å²) in [6.45, 7) is 4.69. The van der Waals surface area contributed by atoms with Crippen LogP contribution in [0.25, 0.3) is 60.9 Å². The van der Waals surface area contributed by atoms with E-state index in [4.69, 9.17) is 10.7 Å². The van der Waals surface area contributed by atoms with E-state index < -0.39 is 0 Å². The van der Waals surface area contributed by atoms with Gasteiger partial charge in [-0.2, -0.15) is 0 Å². The smallest absolute Gasteiger partial charge is 0.131 e. The van der Waals surface area contributed by atoms with Crippen molar-refractivity contribution < 1.29 is 0 Å². The summed E-state index contributed by atoms with van der Waals surface area (Å²) in [5.74, 6) is 0.515. The summed E-state index contributed by atoms with van der Waals surface area (Å²) in [4.78, 5) is 5.01. The van der Waals surface area contributed by atoms with Crippen molar-refractivity contribution in [1.82, 2.24) is 4.57 Å². The Morgan fingerprint density at radius 3 is 2.20 bits per heavy atom. The van der Waals surface area contributed by atoms with E-state index in [9.17, 15) is 0 Å². The molecule has 0 radical (unpaired) electrons. The van der Waals surface area contributed by atoms with E-state index in [1.165, 1.54) is 66.4 Å². The van der Waals surface area contributed by atoms with E-state index in [0.717, 1.165) is 34.4 Å². The lowest BCUT2D eigenvalue weighted by atomic mass is 9.81. The summed E-state index contributed by atoms with van der Waals surface area (Å²) in [7, 11) is 0. The van der Waals surface area contributed by atoms with Crippen LogP contribution in [0.15, 0.2) is 157 Å². The number of fused-ring (bicyclic) bond motifs is 9. The number of hydrogen-bond donors (Lipinski definition) is 1. The molecule has 3 heteroatoms. The summed E-state index contributed by atoms with van der Waals surface area (Å²) in [6, 6.07) is 54.8. The topological polar surface area (TPSA) is 43.3 Å². The molecule has 0 saturated heterocycles. The normalized spacial score (nSPS) is 14.1. The first-order valence-electron chi connectivity index (χ1n) is 17.4. The van der Waals surface area contributed by atoms with Crippen LogP contribution < -0.4 is 5.73 Å². The molecular weight excluding hydrogens is 607 g/mol. The number of rotatable bonds is 4. The predicted octanol–water partition coefficient (Wildman–Crippen LogP) is 11.4. The molecule has 7 aromatic carbocycles. The van der Waals surface area contributed by atoms with Gasteiger partial charge in [0.25, 0.3) is 0 Å². The number of amidine groups is 1. The molecule has 0 bridgehead atoms. The number of hydrogen-bond acceptors (Lipinski definition) is 1. The van der Waals surface area contributed by atoms with Crippen LogP contribution in [0.5, 0.6) is 0 Å². The molecule has 50 heavy (non-hydrogen) atoms. The van der Waals surface area contributed by atoms with Crippen molar-refractivity contribution in [3.05, 3.63) is 179 Å². The molecule has 1 aromatic heterocycles. The standard InChI is InChI=1S/C47H35N3/c1-47(2)41-18-7-5-15-36(41)37-23-21-30(28-42(37)47)29-22-24-45-40(26-29)38-16-6-8-20-44(38)50(45)33-13-9-12-32(25-33)46(48)49-43-19-10-17-35-34-14-4-3-11-31(34)27-39(35)43/h3-26,28H,27H2,1-2H3,(H2,48,49). The predicted molar refractivity (Wildman–Crippen MR) is 209 cm³/mol. The van der Waals surface area contributed by atoms with Gasteiger partial charge in [-0.1, -0.05) is 123 Å². The Morgan fingerprint density at radius 1 is 0.580 bits per heavy atom. The van der Waals surface area contributed by atoms with Gasteiger partial charge < -0.3 is 10.3 Å². The molecule has 2 aliphatic rings. The summed E-state index contributed by atoms with van der Waals surface area (Å²) >= 11 is 0. The number of aromatic nitrogens is 1. The highest BCUT2D eigenvalue weighted by atomic mass is 15.0. The third-order valence-electron chi connectivity index (χ3n) is 11.1. The SMILES string of the molecule is CC1(C)c2ccccc2-c2ccc(-c3ccc4c(c3)c3ccccc3n4-c3cccc(C(N)=Nc4cccc5c4Cc4ccccc4-5)c3)cc21. The Morgan fingerprint density at radius 2 is 1.28 bits per heavy atom. The van der Waals surface area contributed by atoms with E-state index in [2.05, 4.69) is 170 Å². The largest absolute Gasteiger partial charge is 0.383 e. The number of para-hydroxylation sites is 1. The first kappa shape index (κ1) is 28.8. The van der Waals surface area contributed by atoms with E-state index in [-0.39, 0.29) is 5.41 Å². The van der Waals surface area contributed by atoms with Crippen molar-refractivity contribution in [1.29, 1.82) is 0 Å². The van der Waals surface area contributed by atoms with Crippen LogP contribution in [0.2, 0.25) is 0 Å².